The van der Waals surface area contributed by atoms with Gasteiger partial charge in [-0.3, -0.25) is 24.6 Å². The third kappa shape index (κ3) is 3.02. The molecule has 0 bridgehead atoms. The molecule has 1 saturated heterocycles. The van der Waals surface area contributed by atoms with E-state index >= 15 is 0 Å². The molecule has 84 valence electrons. The quantitative estimate of drug-likeness (QED) is 0.476. The zero-order valence-corrected chi connectivity index (χ0v) is 8.78. The zero-order chi connectivity index (χ0) is 11.4. The van der Waals surface area contributed by atoms with Crippen LogP contribution in [0.2, 0.25) is 0 Å². The molecule has 1 aliphatic rings. The second kappa shape index (κ2) is 4.88. The van der Waals surface area contributed by atoms with Crippen molar-refractivity contribution in [1.29, 1.82) is 0 Å². The Morgan fingerprint density at radius 1 is 1.60 bits per heavy atom. The van der Waals surface area contributed by atoms with Crippen LogP contribution in [0.4, 0.5) is 0 Å². The second-order valence-corrected chi connectivity index (χ2v) is 3.46. The van der Waals surface area contributed by atoms with Gasteiger partial charge in [-0.2, -0.15) is 0 Å². The minimum Gasteiger partial charge on any atom is -0.468 e. The number of hydrogen-bond acceptors (Lipinski definition) is 5. The third-order valence-corrected chi connectivity index (χ3v) is 2.35. The first-order chi connectivity index (χ1) is 7.04. The number of nitrogens with zero attached hydrogens (tertiary/aromatic N) is 1. The Labute approximate surface area is 87.6 Å². The standard InChI is InChI=1S/C9H14N2O4/c1-11(5-8(13)15-2)6-3-4-7(12)10-9(6)14/h6H,3-5H2,1-2H3,(H,10,12,14). The largest absolute Gasteiger partial charge is 0.468 e. The van der Waals surface area contributed by atoms with E-state index in [1.807, 2.05) is 0 Å². The highest BCUT2D eigenvalue weighted by Gasteiger charge is 2.30. The third-order valence-electron chi connectivity index (χ3n) is 2.35. The van der Waals surface area contributed by atoms with Crippen LogP contribution in [0.5, 0.6) is 0 Å². The van der Waals surface area contributed by atoms with Crippen molar-refractivity contribution in [3.8, 4) is 0 Å². The molecule has 1 atom stereocenters. The summed E-state index contributed by atoms with van der Waals surface area (Å²) in [5.74, 6) is -1.01. The molecule has 6 nitrogen and oxygen atoms in total. The normalized spacial score (nSPS) is 21.4. The summed E-state index contributed by atoms with van der Waals surface area (Å²) in [4.78, 5) is 34.8. The summed E-state index contributed by atoms with van der Waals surface area (Å²) >= 11 is 0. The maximum absolute atomic E-state index is 11.4. The first-order valence-corrected chi connectivity index (χ1v) is 4.65. The second-order valence-electron chi connectivity index (χ2n) is 3.46. The Hall–Kier alpha value is -1.43. The molecule has 1 aliphatic heterocycles. The summed E-state index contributed by atoms with van der Waals surface area (Å²) in [6, 6.07) is -0.429. The number of piperidine rings is 1. The number of methoxy groups -OCH3 is 1. The van der Waals surface area contributed by atoms with Crippen LogP contribution >= 0.6 is 0 Å². The molecule has 0 spiro atoms. The average Bonchev–Trinajstić information content (AvgIpc) is 2.17. The van der Waals surface area contributed by atoms with Crippen molar-refractivity contribution in [1.82, 2.24) is 10.2 Å². The van der Waals surface area contributed by atoms with Crippen molar-refractivity contribution in [2.45, 2.75) is 18.9 Å². The Balaban J connectivity index is 2.52. The number of esters is 1. The van der Waals surface area contributed by atoms with E-state index in [0.29, 0.717) is 12.8 Å². The van der Waals surface area contributed by atoms with Gasteiger partial charge in [-0.05, 0) is 13.5 Å². The van der Waals surface area contributed by atoms with Gasteiger partial charge in [0.1, 0.15) is 0 Å². The molecule has 0 aliphatic carbocycles. The summed E-state index contributed by atoms with van der Waals surface area (Å²) in [6.07, 6.45) is 0.750. The van der Waals surface area contributed by atoms with Gasteiger partial charge in [0.05, 0.1) is 19.7 Å². The number of rotatable bonds is 3. The minimum absolute atomic E-state index is 0.0444. The molecule has 0 aromatic carbocycles. The SMILES string of the molecule is COC(=O)CN(C)C1CCC(=O)NC1=O. The first-order valence-electron chi connectivity index (χ1n) is 4.65. The van der Waals surface area contributed by atoms with Crippen LogP contribution in [0.3, 0.4) is 0 Å². The maximum Gasteiger partial charge on any atom is 0.319 e. The Kier molecular flexibility index (Phi) is 3.79. The molecule has 0 aromatic rings. The lowest BCUT2D eigenvalue weighted by molar-refractivity contribution is -0.143. The predicted octanol–water partition coefficient (Wildman–Crippen LogP) is -1.10. The van der Waals surface area contributed by atoms with Crippen LogP contribution in [0.15, 0.2) is 0 Å². The van der Waals surface area contributed by atoms with Crippen LogP contribution in [-0.2, 0) is 19.1 Å². The molecule has 0 radical (unpaired) electrons. The molecule has 1 rings (SSSR count). The molecule has 0 saturated carbocycles. The van der Waals surface area contributed by atoms with Gasteiger partial charge in [0.25, 0.3) is 0 Å². The number of amides is 2. The highest BCUT2D eigenvalue weighted by Crippen LogP contribution is 2.10. The van der Waals surface area contributed by atoms with E-state index in [-0.39, 0.29) is 18.4 Å². The molecule has 0 aromatic heterocycles. The summed E-state index contributed by atoms with van der Waals surface area (Å²) in [7, 11) is 2.94. The summed E-state index contributed by atoms with van der Waals surface area (Å²) in [5.41, 5.74) is 0. The summed E-state index contributed by atoms with van der Waals surface area (Å²) in [6.45, 7) is 0.0444. The number of carbonyl (C=O) groups is 3. The monoisotopic (exact) mass is 214 g/mol. The Morgan fingerprint density at radius 2 is 2.27 bits per heavy atom. The van der Waals surface area contributed by atoms with Crippen LogP contribution in [0.1, 0.15) is 12.8 Å². The van der Waals surface area contributed by atoms with Crippen LogP contribution in [0.25, 0.3) is 0 Å². The Morgan fingerprint density at radius 3 is 2.80 bits per heavy atom. The fraction of sp³-hybridized carbons (Fsp3) is 0.667. The maximum atomic E-state index is 11.4. The first kappa shape index (κ1) is 11.6. The van der Waals surface area contributed by atoms with E-state index in [4.69, 9.17) is 0 Å². The smallest absolute Gasteiger partial charge is 0.319 e. The van der Waals surface area contributed by atoms with Crippen molar-refractivity contribution in [2.24, 2.45) is 0 Å². The lowest BCUT2D eigenvalue weighted by Gasteiger charge is -2.28. The summed E-state index contributed by atoms with van der Waals surface area (Å²) in [5, 5.41) is 2.23. The predicted molar refractivity (Wildman–Crippen MR) is 50.8 cm³/mol. The topological polar surface area (TPSA) is 75.7 Å². The highest BCUT2D eigenvalue weighted by molar-refractivity contribution is 6.00. The van der Waals surface area contributed by atoms with Crippen molar-refractivity contribution in [2.75, 3.05) is 20.7 Å². The lowest BCUT2D eigenvalue weighted by atomic mass is 10.1. The van der Waals surface area contributed by atoms with Crippen molar-refractivity contribution in [3.63, 3.8) is 0 Å². The van der Waals surface area contributed by atoms with Crippen molar-refractivity contribution in [3.05, 3.63) is 0 Å². The van der Waals surface area contributed by atoms with E-state index in [0.717, 1.165) is 0 Å². The van der Waals surface area contributed by atoms with E-state index in [2.05, 4.69) is 10.1 Å². The molecule has 1 unspecified atom stereocenters. The molecule has 2 amide bonds. The van der Waals surface area contributed by atoms with Crippen LogP contribution in [0, 0.1) is 0 Å². The zero-order valence-electron chi connectivity index (χ0n) is 8.78. The average molecular weight is 214 g/mol. The van der Waals surface area contributed by atoms with Gasteiger partial charge in [-0.15, -0.1) is 0 Å². The van der Waals surface area contributed by atoms with Crippen molar-refractivity contribution >= 4 is 17.8 Å². The molecule has 1 N–H and O–H groups in total. The van der Waals surface area contributed by atoms with Gasteiger partial charge in [0.2, 0.25) is 11.8 Å². The molecule has 6 heteroatoms. The van der Waals surface area contributed by atoms with E-state index in [1.165, 1.54) is 7.11 Å². The van der Waals surface area contributed by atoms with Crippen molar-refractivity contribution < 1.29 is 19.1 Å². The molecular formula is C9H14N2O4. The van der Waals surface area contributed by atoms with Gasteiger partial charge >= 0.3 is 5.97 Å². The molecule has 1 fully saturated rings. The molecule has 1 heterocycles. The number of ether oxygens (including phenoxy) is 1. The van der Waals surface area contributed by atoms with Crippen LogP contribution in [-0.4, -0.2) is 49.4 Å². The van der Waals surface area contributed by atoms with Gasteiger partial charge < -0.3 is 4.74 Å². The fourth-order valence-corrected chi connectivity index (χ4v) is 1.48. The summed E-state index contributed by atoms with van der Waals surface area (Å²) < 4.78 is 4.49. The van der Waals surface area contributed by atoms with Gasteiger partial charge in [0, 0.05) is 6.42 Å². The number of likely N-dealkylation sites (N-methyl/N-ethyl adjacent to an activating group) is 1. The molecule has 15 heavy (non-hydrogen) atoms. The van der Waals surface area contributed by atoms with Gasteiger partial charge in [-0.1, -0.05) is 0 Å². The Bertz CT molecular complexity index is 290. The van der Waals surface area contributed by atoms with Crippen LogP contribution < -0.4 is 5.32 Å². The number of nitrogens with one attached hydrogen (secondary N) is 1. The number of imide groups is 1. The highest BCUT2D eigenvalue weighted by atomic mass is 16.5. The number of hydrogen-bond donors (Lipinski definition) is 1. The molecular weight excluding hydrogens is 200 g/mol. The van der Waals surface area contributed by atoms with Gasteiger partial charge in [0.15, 0.2) is 0 Å². The lowest BCUT2D eigenvalue weighted by Crippen LogP contribution is -2.52. The number of carbonyl (C=O) groups excluding carboxylic acids is 3. The van der Waals surface area contributed by atoms with E-state index in [1.54, 1.807) is 11.9 Å². The van der Waals surface area contributed by atoms with E-state index < -0.39 is 12.0 Å². The van der Waals surface area contributed by atoms with Gasteiger partial charge in [-0.25, -0.2) is 0 Å². The fourth-order valence-electron chi connectivity index (χ4n) is 1.48. The minimum atomic E-state index is -0.429. The van der Waals surface area contributed by atoms with E-state index in [9.17, 15) is 14.4 Å².